The Labute approximate surface area is 70.4 Å². The van der Waals surface area contributed by atoms with Crippen LogP contribution in [-0.2, 0) is 0 Å². The van der Waals surface area contributed by atoms with Gasteiger partial charge in [-0.2, -0.15) is 0 Å². The van der Waals surface area contributed by atoms with Crippen molar-refractivity contribution in [2.75, 3.05) is 0 Å². The van der Waals surface area contributed by atoms with E-state index in [-0.39, 0.29) is 0 Å². The molecular weight excluding hydrogens is 132 g/mol. The zero-order chi connectivity index (χ0) is 8.36. The van der Waals surface area contributed by atoms with Gasteiger partial charge in [-0.1, -0.05) is 31.6 Å². The summed E-state index contributed by atoms with van der Waals surface area (Å²) in [5.41, 5.74) is 0. The topological polar surface area (TPSA) is 0 Å². The minimum Gasteiger partial charge on any atom is -0.106 e. The molecule has 0 amide bonds. The van der Waals surface area contributed by atoms with E-state index in [1.807, 2.05) is 6.92 Å². The first-order chi connectivity index (χ1) is 5.41. The van der Waals surface area contributed by atoms with E-state index in [9.17, 15) is 0 Å². The second-order valence-electron chi connectivity index (χ2n) is 2.41. The second kappa shape index (κ2) is 9.12. The zero-order valence-corrected chi connectivity index (χ0v) is 7.54. The first-order valence-electron chi connectivity index (χ1n) is 4.27. The van der Waals surface area contributed by atoms with Gasteiger partial charge in [0.15, 0.2) is 0 Å². The summed E-state index contributed by atoms with van der Waals surface area (Å²) < 4.78 is 0. The molecule has 0 aliphatic rings. The Morgan fingerprint density at radius 2 is 1.82 bits per heavy atom. The van der Waals surface area contributed by atoms with Crippen LogP contribution in [0.3, 0.4) is 0 Å². The van der Waals surface area contributed by atoms with Crippen molar-refractivity contribution >= 4 is 0 Å². The molecule has 0 radical (unpaired) electrons. The lowest BCUT2D eigenvalue weighted by Crippen LogP contribution is -1.70. The fraction of sp³-hybridized carbons (Fsp3) is 0.636. The number of hydrogen-bond acceptors (Lipinski definition) is 0. The van der Waals surface area contributed by atoms with Crippen LogP contribution in [0.5, 0.6) is 0 Å². The third-order valence-electron chi connectivity index (χ3n) is 1.38. The van der Waals surface area contributed by atoms with E-state index in [2.05, 4.69) is 30.6 Å². The van der Waals surface area contributed by atoms with Gasteiger partial charge in [-0.15, -0.1) is 11.8 Å². The fourth-order valence-electron chi connectivity index (χ4n) is 0.747. The lowest BCUT2D eigenvalue weighted by atomic mass is 10.2. The van der Waals surface area contributed by atoms with Crippen molar-refractivity contribution < 1.29 is 0 Å². The molecule has 0 aromatic rings. The summed E-state index contributed by atoms with van der Waals surface area (Å²) in [6, 6.07) is 0. The molecule has 0 aliphatic carbocycles. The SMILES string of the molecule is CC#CCC#CCCCCC. The molecular formula is C11H16. The molecule has 0 heteroatoms. The van der Waals surface area contributed by atoms with Gasteiger partial charge in [0.25, 0.3) is 0 Å². The van der Waals surface area contributed by atoms with Gasteiger partial charge in [-0.3, -0.25) is 0 Å². The normalized spacial score (nSPS) is 7.45. The molecule has 0 bridgehead atoms. The predicted octanol–water partition coefficient (Wildman–Crippen LogP) is 2.98. The predicted molar refractivity (Wildman–Crippen MR) is 50.0 cm³/mol. The number of rotatable bonds is 3. The molecule has 0 nitrogen and oxygen atoms in total. The molecule has 0 heterocycles. The van der Waals surface area contributed by atoms with Crippen molar-refractivity contribution in [2.45, 2.75) is 46.0 Å². The minimum atomic E-state index is 0.739. The largest absolute Gasteiger partial charge is 0.106 e. The number of unbranched alkanes of at least 4 members (excludes halogenated alkanes) is 3. The highest BCUT2D eigenvalue weighted by Gasteiger charge is 1.79. The van der Waals surface area contributed by atoms with Crippen LogP contribution in [0.2, 0.25) is 0 Å². The maximum absolute atomic E-state index is 3.10. The van der Waals surface area contributed by atoms with E-state index in [4.69, 9.17) is 0 Å². The molecule has 0 aromatic carbocycles. The van der Waals surface area contributed by atoms with Crippen LogP contribution in [0.1, 0.15) is 46.0 Å². The third kappa shape index (κ3) is 9.12. The monoisotopic (exact) mass is 148 g/mol. The van der Waals surface area contributed by atoms with Crippen LogP contribution in [0.15, 0.2) is 0 Å². The van der Waals surface area contributed by atoms with Gasteiger partial charge < -0.3 is 0 Å². The average Bonchev–Trinajstić information content (AvgIpc) is 2.03. The van der Waals surface area contributed by atoms with Crippen molar-refractivity contribution in [1.29, 1.82) is 0 Å². The third-order valence-corrected chi connectivity index (χ3v) is 1.38. The van der Waals surface area contributed by atoms with Gasteiger partial charge in [0.05, 0.1) is 6.42 Å². The quantitative estimate of drug-likeness (QED) is 0.426. The van der Waals surface area contributed by atoms with Crippen LogP contribution in [0.4, 0.5) is 0 Å². The van der Waals surface area contributed by atoms with Crippen LogP contribution < -0.4 is 0 Å². The van der Waals surface area contributed by atoms with Crippen molar-refractivity contribution in [3.05, 3.63) is 0 Å². The summed E-state index contributed by atoms with van der Waals surface area (Å²) in [5.74, 6) is 11.9. The Hall–Kier alpha value is -0.880. The van der Waals surface area contributed by atoms with Gasteiger partial charge in [-0.25, -0.2) is 0 Å². The van der Waals surface area contributed by atoms with Gasteiger partial charge in [0.1, 0.15) is 0 Å². The highest BCUT2D eigenvalue weighted by molar-refractivity contribution is 5.10. The molecule has 0 rings (SSSR count). The zero-order valence-electron chi connectivity index (χ0n) is 7.54. The Morgan fingerprint density at radius 3 is 2.45 bits per heavy atom. The van der Waals surface area contributed by atoms with Gasteiger partial charge in [-0.05, 0) is 13.3 Å². The Balaban J connectivity index is 3.17. The van der Waals surface area contributed by atoms with Gasteiger partial charge >= 0.3 is 0 Å². The molecule has 0 saturated heterocycles. The molecule has 0 aromatic heterocycles. The Kier molecular flexibility index (Phi) is 8.39. The lowest BCUT2D eigenvalue weighted by Gasteiger charge is -1.87. The highest BCUT2D eigenvalue weighted by Crippen LogP contribution is 1.96. The van der Waals surface area contributed by atoms with Gasteiger partial charge in [0, 0.05) is 6.42 Å². The number of hydrogen-bond donors (Lipinski definition) is 0. The minimum absolute atomic E-state index is 0.739. The first kappa shape index (κ1) is 10.1. The first-order valence-corrected chi connectivity index (χ1v) is 4.27. The molecule has 0 atom stereocenters. The summed E-state index contributed by atoms with van der Waals surface area (Å²) in [5, 5.41) is 0. The van der Waals surface area contributed by atoms with Crippen LogP contribution >= 0.6 is 0 Å². The Bertz CT molecular complexity index is 180. The van der Waals surface area contributed by atoms with Crippen molar-refractivity contribution in [3.8, 4) is 23.7 Å². The van der Waals surface area contributed by atoms with Crippen LogP contribution in [-0.4, -0.2) is 0 Å². The fourth-order valence-corrected chi connectivity index (χ4v) is 0.747. The van der Waals surface area contributed by atoms with Crippen LogP contribution in [0.25, 0.3) is 0 Å². The second-order valence-corrected chi connectivity index (χ2v) is 2.41. The van der Waals surface area contributed by atoms with Crippen LogP contribution in [0, 0.1) is 23.7 Å². The van der Waals surface area contributed by atoms with Crippen molar-refractivity contribution in [3.63, 3.8) is 0 Å². The molecule has 11 heavy (non-hydrogen) atoms. The molecule has 0 unspecified atom stereocenters. The average molecular weight is 148 g/mol. The molecule has 60 valence electrons. The summed E-state index contributed by atoms with van der Waals surface area (Å²) >= 11 is 0. The molecule has 0 spiro atoms. The molecule has 0 N–H and O–H groups in total. The van der Waals surface area contributed by atoms with Crippen molar-refractivity contribution in [2.24, 2.45) is 0 Å². The van der Waals surface area contributed by atoms with E-state index in [0.29, 0.717) is 0 Å². The van der Waals surface area contributed by atoms with E-state index < -0.39 is 0 Å². The van der Waals surface area contributed by atoms with E-state index in [1.165, 1.54) is 19.3 Å². The molecule has 0 fully saturated rings. The maximum atomic E-state index is 3.10. The summed E-state index contributed by atoms with van der Waals surface area (Å²) in [7, 11) is 0. The molecule has 0 aliphatic heterocycles. The summed E-state index contributed by atoms with van der Waals surface area (Å²) in [4.78, 5) is 0. The highest BCUT2D eigenvalue weighted by atomic mass is 13.8. The Morgan fingerprint density at radius 1 is 1.00 bits per heavy atom. The van der Waals surface area contributed by atoms with E-state index in [1.54, 1.807) is 0 Å². The smallest absolute Gasteiger partial charge is 0.0702 e. The van der Waals surface area contributed by atoms with E-state index in [0.717, 1.165) is 12.8 Å². The van der Waals surface area contributed by atoms with E-state index >= 15 is 0 Å². The summed E-state index contributed by atoms with van der Waals surface area (Å²) in [6.07, 6.45) is 5.59. The van der Waals surface area contributed by atoms with Crippen molar-refractivity contribution in [1.82, 2.24) is 0 Å². The molecule has 0 saturated carbocycles. The standard InChI is InChI=1S/C11H16/c1-3-5-7-9-11-10-8-6-4-2/h3,5,7-9H2,1-2H3. The van der Waals surface area contributed by atoms with Gasteiger partial charge in [0.2, 0.25) is 0 Å². The maximum Gasteiger partial charge on any atom is 0.0702 e. The summed E-state index contributed by atoms with van der Waals surface area (Å²) in [6.45, 7) is 4.05. The lowest BCUT2D eigenvalue weighted by molar-refractivity contribution is 0.737.